The molecule has 1 saturated heterocycles. The van der Waals surface area contributed by atoms with E-state index in [4.69, 9.17) is 23.7 Å². The minimum atomic E-state index is -4.79. The number of ether oxygens (including phenoxy) is 5. The predicted molar refractivity (Wildman–Crippen MR) is 250 cm³/mol. The lowest BCUT2D eigenvalue weighted by atomic mass is 9.92. The molecule has 404 valence electrons. The van der Waals surface area contributed by atoms with E-state index in [0.29, 0.717) is 5.56 Å². The summed E-state index contributed by atoms with van der Waals surface area (Å²) < 4.78 is 60.9. The number of aliphatic hydroxyl groups excluding tert-OH is 4. The van der Waals surface area contributed by atoms with E-state index in [1.165, 1.54) is 32.0 Å². The molecule has 0 unspecified atom stereocenters. The second-order valence-corrected chi connectivity index (χ2v) is 20.7. The fraction of sp³-hybridized carbons (Fsp3) is 0.644. The third-order valence-corrected chi connectivity index (χ3v) is 11.5. The van der Waals surface area contributed by atoms with Crippen molar-refractivity contribution >= 4 is 63.1 Å². The number of benzene rings is 1. The zero-order valence-corrected chi connectivity index (χ0v) is 42.1. The van der Waals surface area contributed by atoms with Crippen molar-refractivity contribution in [1.29, 1.82) is 0 Å². The minimum Gasteiger partial charge on any atom is -0.460 e. The molecule has 1 aromatic rings. The Morgan fingerprint density at radius 2 is 1.49 bits per heavy atom. The van der Waals surface area contributed by atoms with Gasteiger partial charge in [-0.25, -0.2) is 0 Å². The van der Waals surface area contributed by atoms with Gasteiger partial charge in [0.25, 0.3) is 21.9 Å². The molecule has 10 N–H and O–H groups in total. The molecule has 0 bridgehead atoms. The van der Waals surface area contributed by atoms with Crippen molar-refractivity contribution in [3.63, 3.8) is 0 Å². The van der Waals surface area contributed by atoms with Crippen LogP contribution in [0.2, 0.25) is 0 Å². The summed E-state index contributed by atoms with van der Waals surface area (Å²) in [4.78, 5) is 101. The van der Waals surface area contributed by atoms with Gasteiger partial charge in [-0.1, -0.05) is 6.07 Å². The van der Waals surface area contributed by atoms with Crippen molar-refractivity contribution in [2.75, 3.05) is 63.7 Å². The molecular formula is C45H68N6O20S. The highest BCUT2D eigenvalue weighted by molar-refractivity contribution is 7.85. The van der Waals surface area contributed by atoms with E-state index in [0.717, 1.165) is 17.1 Å². The summed E-state index contributed by atoms with van der Waals surface area (Å²) in [5.74, 6) is -6.27. The first-order chi connectivity index (χ1) is 33.4. The Balaban J connectivity index is 1.45. The van der Waals surface area contributed by atoms with Crippen molar-refractivity contribution < 1.29 is 95.4 Å². The normalized spacial score (nSPS) is 19.8. The summed E-state index contributed by atoms with van der Waals surface area (Å²) in [5, 5.41) is 52.9. The van der Waals surface area contributed by atoms with E-state index in [1.807, 2.05) is 0 Å². The number of imide groups is 1. The van der Waals surface area contributed by atoms with Gasteiger partial charge < -0.3 is 70.7 Å². The number of amides is 7. The average Bonchev–Trinajstić information content (AvgIpc) is 3.61. The fourth-order valence-corrected chi connectivity index (χ4v) is 7.01. The Morgan fingerprint density at radius 3 is 2.11 bits per heavy atom. The van der Waals surface area contributed by atoms with E-state index in [9.17, 15) is 71.8 Å². The number of nitrogens with one attached hydrogen (secondary N) is 5. The molecule has 0 aliphatic carbocycles. The van der Waals surface area contributed by atoms with Gasteiger partial charge in [0, 0.05) is 51.2 Å². The number of aliphatic hydroxyl groups is 4. The van der Waals surface area contributed by atoms with Crippen LogP contribution in [-0.4, -0.2) is 186 Å². The minimum absolute atomic E-state index is 0.0100. The highest BCUT2D eigenvalue weighted by Gasteiger charge is 2.45. The van der Waals surface area contributed by atoms with Crippen molar-refractivity contribution in [3.05, 3.63) is 35.9 Å². The number of nitrogens with zero attached hydrogens (tertiary/aromatic N) is 1. The first-order valence-corrected chi connectivity index (χ1v) is 24.4. The lowest BCUT2D eigenvalue weighted by Crippen LogP contribution is -2.60. The lowest BCUT2D eigenvalue weighted by Gasteiger charge is -2.39. The SMILES string of the molecule is CC(C)(CCNC(=O)CCN1C(=O)C=CC1=O)OCC(C)(C)C(=O)N[C@H](CS(=O)(=O)O)C(=O)NCCOCC(=O)NCCC(=O)Nc1cc(COC(=O)C(C)(C)C)ccc1O[C@@H]1O[C@H](CO)[C@H](O)[C@H](O)[C@H]1O. The van der Waals surface area contributed by atoms with Crippen molar-refractivity contribution in [1.82, 2.24) is 26.2 Å². The highest BCUT2D eigenvalue weighted by Crippen LogP contribution is 2.31. The molecule has 2 heterocycles. The Morgan fingerprint density at radius 1 is 0.833 bits per heavy atom. The standard InChI is InChI=1S/C45H68N6O20S/c1-43(2,3)42(63)68-22-26-8-9-29(70-40-38(60)37(59)36(58)30(21-52)71-40)27(20-26)49-32(54)12-15-46-33(55)23-67-19-17-48-39(61)28(24-72(64,65)66)50-41(62)44(4,5)25-69-45(6,7)14-16-47-31(53)13-18-51-34(56)10-11-35(51)57/h8-11,20,28,30,36-38,40,52,58-60H,12-19,21-25H2,1-7H3,(H,46,55)(H,47,53)(H,48,61)(H,49,54)(H,50,62)(H,64,65,66)/t28-,30-,36+,37+,38-,40-/m1/s1. The molecule has 26 nitrogen and oxygen atoms in total. The Labute approximate surface area is 416 Å². The number of carbonyl (C=O) groups is 8. The fourth-order valence-electron chi connectivity index (χ4n) is 6.35. The number of esters is 1. The maximum absolute atomic E-state index is 13.3. The zero-order chi connectivity index (χ0) is 54.2. The smallest absolute Gasteiger partial charge is 0.311 e. The molecule has 2 aliphatic heterocycles. The van der Waals surface area contributed by atoms with E-state index >= 15 is 0 Å². The quantitative estimate of drug-likeness (QED) is 0.0180. The second kappa shape index (κ2) is 26.9. The van der Waals surface area contributed by atoms with Gasteiger partial charge in [-0.05, 0) is 72.6 Å². The van der Waals surface area contributed by atoms with E-state index in [2.05, 4.69) is 26.6 Å². The summed E-state index contributed by atoms with van der Waals surface area (Å²) >= 11 is 0. The van der Waals surface area contributed by atoms with Crippen LogP contribution in [0.25, 0.3) is 0 Å². The zero-order valence-electron chi connectivity index (χ0n) is 41.3. The molecule has 0 aromatic heterocycles. The van der Waals surface area contributed by atoms with Crippen molar-refractivity contribution in [2.24, 2.45) is 10.8 Å². The first-order valence-electron chi connectivity index (χ1n) is 22.8. The first kappa shape index (κ1) is 60.7. The van der Waals surface area contributed by atoms with Crippen molar-refractivity contribution in [2.45, 2.75) is 117 Å². The summed E-state index contributed by atoms with van der Waals surface area (Å²) in [6.45, 7) is 9.02. The molecule has 7 amide bonds. The highest BCUT2D eigenvalue weighted by atomic mass is 32.2. The summed E-state index contributed by atoms with van der Waals surface area (Å²) in [6.07, 6.45) is -5.93. The average molecular weight is 1050 g/mol. The maximum Gasteiger partial charge on any atom is 0.311 e. The molecule has 0 spiro atoms. The second-order valence-electron chi connectivity index (χ2n) is 19.2. The van der Waals surface area contributed by atoms with Gasteiger partial charge in [-0.2, -0.15) is 8.42 Å². The Hall–Kier alpha value is -5.65. The van der Waals surface area contributed by atoms with E-state index < -0.39 is 130 Å². The van der Waals surface area contributed by atoms with Gasteiger partial charge >= 0.3 is 5.97 Å². The molecule has 1 fully saturated rings. The monoisotopic (exact) mass is 1040 g/mol. The van der Waals surface area contributed by atoms with Gasteiger partial charge in [-0.3, -0.25) is 47.8 Å². The molecule has 0 radical (unpaired) electrons. The topological polar surface area (TPSA) is 381 Å². The number of rotatable bonds is 28. The summed E-state index contributed by atoms with van der Waals surface area (Å²) in [5.41, 5.74) is -2.62. The van der Waals surface area contributed by atoms with Crippen LogP contribution in [0.3, 0.4) is 0 Å². The predicted octanol–water partition coefficient (Wildman–Crippen LogP) is -2.45. The molecular weight excluding hydrogens is 977 g/mol. The van der Waals surface area contributed by atoms with Gasteiger partial charge in [-0.15, -0.1) is 0 Å². The molecule has 1 aromatic carbocycles. The number of carbonyl (C=O) groups excluding carboxylic acids is 8. The molecule has 3 rings (SSSR count). The molecule has 27 heteroatoms. The van der Waals surface area contributed by atoms with Crippen LogP contribution in [0, 0.1) is 10.8 Å². The van der Waals surface area contributed by atoms with Gasteiger partial charge in [0.1, 0.15) is 55.2 Å². The number of anilines is 1. The van der Waals surface area contributed by atoms with Gasteiger partial charge in [0.15, 0.2) is 0 Å². The van der Waals surface area contributed by atoms with E-state index in [1.54, 1.807) is 34.6 Å². The van der Waals surface area contributed by atoms with Gasteiger partial charge in [0.2, 0.25) is 35.8 Å². The Bertz CT molecular complexity index is 2230. The number of hydrogen-bond donors (Lipinski definition) is 10. The molecule has 2 aliphatic rings. The summed E-state index contributed by atoms with van der Waals surface area (Å²) in [6, 6.07) is 2.53. The van der Waals surface area contributed by atoms with Crippen LogP contribution < -0.4 is 31.3 Å². The van der Waals surface area contributed by atoms with Crippen LogP contribution in [0.15, 0.2) is 30.4 Å². The largest absolute Gasteiger partial charge is 0.460 e. The van der Waals surface area contributed by atoms with Crippen LogP contribution in [0.1, 0.15) is 73.3 Å². The lowest BCUT2D eigenvalue weighted by molar-refractivity contribution is -0.277. The van der Waals surface area contributed by atoms with Crippen molar-refractivity contribution in [3.8, 4) is 5.75 Å². The third kappa shape index (κ3) is 20.1. The Kier molecular flexibility index (Phi) is 22.6. The van der Waals surface area contributed by atoms with E-state index in [-0.39, 0.29) is 76.7 Å². The summed E-state index contributed by atoms with van der Waals surface area (Å²) in [7, 11) is -4.79. The van der Waals surface area contributed by atoms with Crippen LogP contribution in [0.4, 0.5) is 5.69 Å². The third-order valence-electron chi connectivity index (χ3n) is 10.8. The molecule has 0 saturated carbocycles. The number of hydrogen-bond acceptors (Lipinski definition) is 19. The van der Waals surface area contributed by atoms with Crippen LogP contribution >= 0.6 is 0 Å². The van der Waals surface area contributed by atoms with Crippen LogP contribution in [-0.2, 0) is 74.0 Å². The maximum atomic E-state index is 13.3. The van der Waals surface area contributed by atoms with Gasteiger partial charge in [0.05, 0.1) is 41.9 Å². The molecule has 6 atom stereocenters. The molecule has 72 heavy (non-hydrogen) atoms. The van der Waals surface area contributed by atoms with Crippen LogP contribution in [0.5, 0.6) is 5.75 Å².